The van der Waals surface area contributed by atoms with Crippen molar-refractivity contribution in [2.75, 3.05) is 13.2 Å². The molecule has 0 saturated carbocycles. The molecular weight excluding hydrogens is 276 g/mol. The van der Waals surface area contributed by atoms with Crippen LogP contribution in [0.15, 0.2) is 18.2 Å². The van der Waals surface area contributed by atoms with Gasteiger partial charge in [0.2, 0.25) is 0 Å². The van der Waals surface area contributed by atoms with Crippen molar-refractivity contribution in [1.29, 1.82) is 0 Å². The van der Waals surface area contributed by atoms with Gasteiger partial charge in [0.1, 0.15) is 11.4 Å². The van der Waals surface area contributed by atoms with Crippen LogP contribution in [0.5, 0.6) is 17.2 Å². The van der Waals surface area contributed by atoms with Crippen LogP contribution in [0, 0.1) is 11.8 Å². The summed E-state index contributed by atoms with van der Waals surface area (Å²) in [6, 6.07) is 3.97. The van der Waals surface area contributed by atoms with E-state index in [4.69, 9.17) is 14.2 Å². The van der Waals surface area contributed by atoms with Gasteiger partial charge in [-0.25, -0.2) is 0 Å². The Morgan fingerprint density at radius 3 is 2.05 bits per heavy atom. The molecule has 1 aromatic rings. The van der Waals surface area contributed by atoms with Crippen molar-refractivity contribution < 1.29 is 14.2 Å². The van der Waals surface area contributed by atoms with E-state index in [0.29, 0.717) is 25.0 Å². The monoisotopic (exact) mass is 304 g/mol. The first-order valence-corrected chi connectivity index (χ1v) is 8.09. The maximum absolute atomic E-state index is 6.02. The Labute approximate surface area is 134 Å². The van der Waals surface area contributed by atoms with Gasteiger partial charge in [-0.2, -0.15) is 0 Å². The molecule has 122 valence electrons. The second-order valence-electron chi connectivity index (χ2n) is 7.29. The van der Waals surface area contributed by atoms with E-state index in [9.17, 15) is 0 Å². The molecule has 0 aliphatic carbocycles. The Morgan fingerprint density at radius 1 is 0.955 bits per heavy atom. The highest BCUT2D eigenvalue weighted by atomic mass is 16.5. The SMILES string of the molecule is CC(C)COc1cc2c(cc1OCC(C)C)OC(C)(C)C=C2. The van der Waals surface area contributed by atoms with Gasteiger partial charge in [0.15, 0.2) is 11.5 Å². The molecule has 1 aliphatic heterocycles. The molecule has 3 heteroatoms. The van der Waals surface area contributed by atoms with E-state index in [1.807, 2.05) is 26.0 Å². The summed E-state index contributed by atoms with van der Waals surface area (Å²) < 4.78 is 17.9. The number of benzene rings is 1. The van der Waals surface area contributed by atoms with Crippen LogP contribution < -0.4 is 14.2 Å². The van der Waals surface area contributed by atoms with Crippen LogP contribution in [-0.2, 0) is 0 Å². The smallest absolute Gasteiger partial charge is 0.164 e. The van der Waals surface area contributed by atoms with E-state index in [-0.39, 0.29) is 5.60 Å². The number of rotatable bonds is 6. The van der Waals surface area contributed by atoms with Crippen molar-refractivity contribution in [3.8, 4) is 17.2 Å². The van der Waals surface area contributed by atoms with Crippen LogP contribution in [0.4, 0.5) is 0 Å². The average molecular weight is 304 g/mol. The number of fused-ring (bicyclic) bond motifs is 1. The first-order valence-electron chi connectivity index (χ1n) is 8.09. The Morgan fingerprint density at radius 2 is 1.50 bits per heavy atom. The van der Waals surface area contributed by atoms with Crippen molar-refractivity contribution in [2.45, 2.75) is 47.1 Å². The highest BCUT2D eigenvalue weighted by Gasteiger charge is 2.24. The number of hydrogen-bond acceptors (Lipinski definition) is 3. The summed E-state index contributed by atoms with van der Waals surface area (Å²) in [7, 11) is 0. The fourth-order valence-electron chi connectivity index (χ4n) is 2.12. The Hall–Kier alpha value is -1.64. The molecular formula is C19H28O3. The van der Waals surface area contributed by atoms with Gasteiger partial charge < -0.3 is 14.2 Å². The molecule has 0 bridgehead atoms. The highest BCUT2D eigenvalue weighted by Crippen LogP contribution is 2.40. The lowest BCUT2D eigenvalue weighted by molar-refractivity contribution is 0.157. The molecule has 1 aromatic carbocycles. The lowest BCUT2D eigenvalue weighted by atomic mass is 10.0. The van der Waals surface area contributed by atoms with E-state index in [2.05, 4.69) is 39.8 Å². The largest absolute Gasteiger partial charge is 0.489 e. The van der Waals surface area contributed by atoms with Crippen molar-refractivity contribution in [1.82, 2.24) is 0 Å². The summed E-state index contributed by atoms with van der Waals surface area (Å²) in [6.45, 7) is 14.0. The molecule has 0 saturated heterocycles. The summed E-state index contributed by atoms with van der Waals surface area (Å²) in [5.41, 5.74) is 0.748. The summed E-state index contributed by atoms with van der Waals surface area (Å²) in [5.74, 6) is 3.34. The Kier molecular flexibility index (Phi) is 5.05. The first kappa shape index (κ1) is 16.7. The molecule has 0 aromatic heterocycles. The van der Waals surface area contributed by atoms with Crippen LogP contribution in [-0.4, -0.2) is 18.8 Å². The molecule has 22 heavy (non-hydrogen) atoms. The molecule has 0 amide bonds. The van der Waals surface area contributed by atoms with Gasteiger partial charge in [-0.15, -0.1) is 0 Å². The Balaban J connectivity index is 2.29. The van der Waals surface area contributed by atoms with Crippen molar-refractivity contribution in [3.05, 3.63) is 23.8 Å². The zero-order valence-electron chi connectivity index (χ0n) is 14.6. The third-order valence-electron chi connectivity index (χ3n) is 3.26. The third kappa shape index (κ3) is 4.43. The molecule has 0 atom stereocenters. The number of hydrogen-bond donors (Lipinski definition) is 0. The van der Waals surface area contributed by atoms with Crippen LogP contribution in [0.1, 0.15) is 47.1 Å². The molecule has 1 heterocycles. The maximum atomic E-state index is 6.02. The summed E-state index contributed by atoms with van der Waals surface area (Å²) >= 11 is 0. The summed E-state index contributed by atoms with van der Waals surface area (Å²) in [6.07, 6.45) is 4.16. The highest BCUT2D eigenvalue weighted by molar-refractivity contribution is 5.66. The van der Waals surface area contributed by atoms with Gasteiger partial charge in [0.05, 0.1) is 13.2 Å². The van der Waals surface area contributed by atoms with Gasteiger partial charge >= 0.3 is 0 Å². The van der Waals surface area contributed by atoms with Gasteiger partial charge in [-0.05, 0) is 37.8 Å². The predicted molar refractivity (Wildman–Crippen MR) is 90.8 cm³/mol. The fourth-order valence-corrected chi connectivity index (χ4v) is 2.12. The minimum absolute atomic E-state index is 0.289. The summed E-state index contributed by atoms with van der Waals surface area (Å²) in [5, 5.41) is 0. The van der Waals surface area contributed by atoms with Gasteiger partial charge in [0.25, 0.3) is 0 Å². The fraction of sp³-hybridized carbons (Fsp3) is 0.579. The predicted octanol–water partition coefficient (Wildman–Crippen LogP) is 4.94. The normalized spacial score (nSPS) is 15.6. The zero-order valence-corrected chi connectivity index (χ0v) is 14.6. The molecule has 2 rings (SSSR count). The first-order chi connectivity index (χ1) is 10.3. The average Bonchev–Trinajstić information content (AvgIpc) is 2.41. The van der Waals surface area contributed by atoms with E-state index < -0.39 is 0 Å². The lowest BCUT2D eigenvalue weighted by Gasteiger charge is -2.29. The molecule has 0 fully saturated rings. The van der Waals surface area contributed by atoms with Gasteiger partial charge in [-0.3, -0.25) is 0 Å². The minimum Gasteiger partial charge on any atom is -0.489 e. The van der Waals surface area contributed by atoms with E-state index in [1.54, 1.807) is 0 Å². The molecule has 0 N–H and O–H groups in total. The van der Waals surface area contributed by atoms with E-state index in [1.165, 1.54) is 0 Å². The number of ether oxygens (including phenoxy) is 3. The van der Waals surface area contributed by atoms with Crippen LogP contribution in [0.3, 0.4) is 0 Å². The third-order valence-corrected chi connectivity index (χ3v) is 3.26. The van der Waals surface area contributed by atoms with Crippen LogP contribution in [0.2, 0.25) is 0 Å². The molecule has 0 radical (unpaired) electrons. The second kappa shape index (κ2) is 6.64. The molecule has 3 nitrogen and oxygen atoms in total. The van der Waals surface area contributed by atoms with Gasteiger partial charge in [-0.1, -0.05) is 33.8 Å². The topological polar surface area (TPSA) is 27.7 Å². The zero-order chi connectivity index (χ0) is 16.3. The molecule has 0 unspecified atom stereocenters. The van der Waals surface area contributed by atoms with Gasteiger partial charge in [0, 0.05) is 11.6 Å². The second-order valence-corrected chi connectivity index (χ2v) is 7.29. The maximum Gasteiger partial charge on any atom is 0.164 e. The standard InChI is InChI=1S/C19H28O3/c1-13(2)11-20-17-9-15-7-8-19(5,6)22-16(15)10-18(17)21-12-14(3)4/h7-10,13-14H,11-12H2,1-6H3. The lowest BCUT2D eigenvalue weighted by Crippen LogP contribution is -2.27. The summed E-state index contributed by atoms with van der Waals surface area (Å²) in [4.78, 5) is 0. The van der Waals surface area contributed by atoms with E-state index in [0.717, 1.165) is 22.8 Å². The molecule has 1 aliphatic rings. The van der Waals surface area contributed by atoms with Crippen molar-refractivity contribution >= 4 is 6.08 Å². The molecule has 0 spiro atoms. The van der Waals surface area contributed by atoms with Crippen LogP contribution >= 0.6 is 0 Å². The quantitative estimate of drug-likeness (QED) is 0.745. The van der Waals surface area contributed by atoms with E-state index >= 15 is 0 Å². The van der Waals surface area contributed by atoms with Crippen LogP contribution in [0.25, 0.3) is 6.08 Å². The minimum atomic E-state index is -0.289. The Bertz CT molecular complexity index is 542. The van der Waals surface area contributed by atoms with Crippen molar-refractivity contribution in [3.63, 3.8) is 0 Å². The van der Waals surface area contributed by atoms with Crippen molar-refractivity contribution in [2.24, 2.45) is 11.8 Å².